The number of H-pyrrole nitrogens is 1. The van der Waals surface area contributed by atoms with E-state index < -0.39 is 0 Å². The number of amides is 2. The van der Waals surface area contributed by atoms with Gasteiger partial charge in [0.05, 0.1) is 22.7 Å². The number of aryl methyl sites for hydroxylation is 2. The van der Waals surface area contributed by atoms with Gasteiger partial charge in [0.15, 0.2) is 0 Å². The van der Waals surface area contributed by atoms with Crippen molar-refractivity contribution in [3.63, 3.8) is 0 Å². The molecule has 6 nitrogen and oxygen atoms in total. The van der Waals surface area contributed by atoms with Gasteiger partial charge in [0.1, 0.15) is 0 Å². The summed E-state index contributed by atoms with van der Waals surface area (Å²) in [6.45, 7) is 3.58. The Morgan fingerprint density at radius 2 is 2.19 bits per heavy atom. The van der Waals surface area contributed by atoms with Gasteiger partial charge in [-0.05, 0) is 32.0 Å². The molecule has 1 aliphatic rings. The average Bonchev–Trinajstić information content (AvgIpc) is 2.77. The molecule has 1 aromatic carbocycles. The lowest BCUT2D eigenvalue weighted by Crippen LogP contribution is -2.19. The minimum Gasteiger partial charge on any atom is -0.324 e. The first kappa shape index (κ1) is 13.7. The van der Waals surface area contributed by atoms with Gasteiger partial charge in [0, 0.05) is 16.3 Å². The third kappa shape index (κ3) is 2.64. The molecule has 108 valence electrons. The standard InChI is InChI=1S/C14H14N4O2S/c1-7-13(8(2)18-17-7)14(20)15-9-3-4-11-10(5-9)16-12(19)6-21-11/h3-5H,6H2,1-2H3,(H,15,20)(H,16,19)(H,17,18). The zero-order valence-corrected chi connectivity index (χ0v) is 12.4. The fraction of sp³-hybridized carbons (Fsp3) is 0.214. The van der Waals surface area contributed by atoms with Crippen molar-refractivity contribution in [3.8, 4) is 0 Å². The molecule has 0 saturated heterocycles. The number of rotatable bonds is 2. The molecule has 0 saturated carbocycles. The second-order valence-electron chi connectivity index (χ2n) is 4.81. The monoisotopic (exact) mass is 302 g/mol. The molecule has 0 bridgehead atoms. The number of benzene rings is 1. The van der Waals surface area contributed by atoms with E-state index in [9.17, 15) is 9.59 Å². The number of nitrogens with one attached hydrogen (secondary N) is 3. The van der Waals surface area contributed by atoms with Gasteiger partial charge in [-0.15, -0.1) is 11.8 Å². The van der Waals surface area contributed by atoms with Gasteiger partial charge < -0.3 is 10.6 Å². The van der Waals surface area contributed by atoms with E-state index in [0.29, 0.717) is 22.7 Å². The van der Waals surface area contributed by atoms with Gasteiger partial charge in [-0.1, -0.05) is 0 Å². The van der Waals surface area contributed by atoms with Crippen LogP contribution < -0.4 is 10.6 Å². The van der Waals surface area contributed by atoms with Crippen LogP contribution in [0.5, 0.6) is 0 Å². The topological polar surface area (TPSA) is 86.9 Å². The molecule has 21 heavy (non-hydrogen) atoms. The third-order valence-electron chi connectivity index (χ3n) is 3.23. The third-order valence-corrected chi connectivity index (χ3v) is 4.30. The summed E-state index contributed by atoms with van der Waals surface area (Å²) in [4.78, 5) is 24.7. The Hall–Kier alpha value is -2.28. The van der Waals surface area contributed by atoms with Crippen molar-refractivity contribution in [2.24, 2.45) is 0 Å². The molecule has 0 fully saturated rings. The molecule has 3 N–H and O–H groups in total. The fourth-order valence-electron chi connectivity index (χ4n) is 2.24. The summed E-state index contributed by atoms with van der Waals surface area (Å²) in [7, 11) is 0. The van der Waals surface area contributed by atoms with Crippen molar-refractivity contribution in [2.75, 3.05) is 16.4 Å². The average molecular weight is 302 g/mol. The van der Waals surface area contributed by atoms with Crippen molar-refractivity contribution < 1.29 is 9.59 Å². The second-order valence-corrected chi connectivity index (χ2v) is 5.83. The number of anilines is 2. The van der Waals surface area contributed by atoms with Gasteiger partial charge in [0.25, 0.3) is 5.91 Å². The predicted octanol–water partition coefficient (Wildman–Crippen LogP) is 2.32. The van der Waals surface area contributed by atoms with Crippen molar-refractivity contribution in [2.45, 2.75) is 18.7 Å². The molecule has 1 aliphatic heterocycles. The molecular weight excluding hydrogens is 288 g/mol. The molecular formula is C14H14N4O2S. The number of thioether (sulfide) groups is 1. The fourth-order valence-corrected chi connectivity index (χ4v) is 3.03. The van der Waals surface area contributed by atoms with E-state index in [1.54, 1.807) is 19.9 Å². The first-order valence-corrected chi connectivity index (χ1v) is 7.43. The van der Waals surface area contributed by atoms with Crippen LogP contribution in [-0.2, 0) is 4.79 Å². The van der Waals surface area contributed by atoms with Crippen LogP contribution in [0.25, 0.3) is 0 Å². The van der Waals surface area contributed by atoms with Crippen molar-refractivity contribution >= 4 is 35.0 Å². The van der Waals surface area contributed by atoms with E-state index in [0.717, 1.165) is 16.3 Å². The van der Waals surface area contributed by atoms with Crippen LogP contribution in [0.3, 0.4) is 0 Å². The van der Waals surface area contributed by atoms with E-state index >= 15 is 0 Å². The molecule has 3 rings (SSSR count). The Morgan fingerprint density at radius 3 is 2.90 bits per heavy atom. The largest absolute Gasteiger partial charge is 0.324 e. The van der Waals surface area contributed by atoms with E-state index in [1.165, 1.54) is 11.8 Å². The molecule has 0 unspecified atom stereocenters. The number of hydrogen-bond donors (Lipinski definition) is 3. The van der Waals surface area contributed by atoms with Crippen LogP contribution in [0.15, 0.2) is 23.1 Å². The number of hydrogen-bond acceptors (Lipinski definition) is 4. The van der Waals surface area contributed by atoms with Gasteiger partial charge in [-0.3, -0.25) is 14.7 Å². The lowest BCUT2D eigenvalue weighted by molar-refractivity contribution is -0.113. The summed E-state index contributed by atoms with van der Waals surface area (Å²) >= 11 is 1.49. The maximum atomic E-state index is 12.3. The molecule has 7 heteroatoms. The van der Waals surface area contributed by atoms with Crippen LogP contribution in [0, 0.1) is 13.8 Å². The Morgan fingerprint density at radius 1 is 1.38 bits per heavy atom. The van der Waals surface area contributed by atoms with Gasteiger partial charge in [-0.2, -0.15) is 5.10 Å². The lowest BCUT2D eigenvalue weighted by atomic mass is 10.2. The molecule has 2 amide bonds. The summed E-state index contributed by atoms with van der Waals surface area (Å²) in [6.07, 6.45) is 0. The Kier molecular flexibility index (Phi) is 3.42. The van der Waals surface area contributed by atoms with Crippen LogP contribution in [0.2, 0.25) is 0 Å². The Balaban J connectivity index is 1.84. The van der Waals surface area contributed by atoms with Gasteiger partial charge in [-0.25, -0.2) is 0 Å². The quantitative estimate of drug-likeness (QED) is 0.794. The van der Waals surface area contributed by atoms with Crippen molar-refractivity contribution in [1.29, 1.82) is 0 Å². The Bertz CT molecular complexity index is 719. The van der Waals surface area contributed by atoms with Crippen LogP contribution in [-0.4, -0.2) is 27.8 Å². The SMILES string of the molecule is Cc1n[nH]c(C)c1C(=O)Nc1ccc2c(c1)NC(=O)CS2. The molecule has 2 heterocycles. The summed E-state index contributed by atoms with van der Waals surface area (Å²) in [5.41, 5.74) is 3.31. The Labute approximate surface area is 125 Å². The van der Waals surface area contributed by atoms with Crippen LogP contribution in [0.4, 0.5) is 11.4 Å². The minimum atomic E-state index is -0.214. The molecule has 0 atom stereocenters. The summed E-state index contributed by atoms with van der Waals surface area (Å²) in [5, 5.41) is 12.4. The van der Waals surface area contributed by atoms with Gasteiger partial charge >= 0.3 is 0 Å². The lowest BCUT2D eigenvalue weighted by Gasteiger charge is -2.17. The highest BCUT2D eigenvalue weighted by molar-refractivity contribution is 8.00. The molecule has 0 radical (unpaired) electrons. The maximum Gasteiger partial charge on any atom is 0.259 e. The number of fused-ring (bicyclic) bond motifs is 1. The number of carbonyl (C=O) groups excluding carboxylic acids is 2. The van der Waals surface area contributed by atoms with E-state index in [1.807, 2.05) is 12.1 Å². The number of aromatic amines is 1. The minimum absolute atomic E-state index is 0.0301. The van der Waals surface area contributed by atoms with Crippen LogP contribution >= 0.6 is 11.8 Å². The highest BCUT2D eigenvalue weighted by atomic mass is 32.2. The summed E-state index contributed by atoms with van der Waals surface area (Å²) in [5.74, 6) is 0.178. The normalized spacial score (nSPS) is 13.5. The number of carbonyl (C=O) groups is 2. The zero-order chi connectivity index (χ0) is 15.0. The van der Waals surface area contributed by atoms with Crippen LogP contribution in [0.1, 0.15) is 21.7 Å². The predicted molar refractivity (Wildman–Crippen MR) is 81.8 cm³/mol. The highest BCUT2D eigenvalue weighted by Gasteiger charge is 2.18. The summed E-state index contributed by atoms with van der Waals surface area (Å²) in [6, 6.07) is 5.48. The van der Waals surface area contributed by atoms with E-state index in [4.69, 9.17) is 0 Å². The highest BCUT2D eigenvalue weighted by Crippen LogP contribution is 2.33. The van der Waals surface area contributed by atoms with E-state index in [2.05, 4.69) is 20.8 Å². The van der Waals surface area contributed by atoms with Crippen molar-refractivity contribution in [1.82, 2.24) is 10.2 Å². The first-order chi connectivity index (χ1) is 10.0. The smallest absolute Gasteiger partial charge is 0.259 e. The van der Waals surface area contributed by atoms with Gasteiger partial charge in [0.2, 0.25) is 5.91 Å². The molecule has 1 aromatic heterocycles. The number of aromatic nitrogens is 2. The first-order valence-electron chi connectivity index (χ1n) is 6.44. The molecule has 0 spiro atoms. The number of nitrogens with zero attached hydrogens (tertiary/aromatic N) is 1. The molecule has 2 aromatic rings. The molecule has 0 aliphatic carbocycles. The maximum absolute atomic E-state index is 12.3. The van der Waals surface area contributed by atoms with E-state index in [-0.39, 0.29) is 11.8 Å². The zero-order valence-electron chi connectivity index (χ0n) is 11.6. The van der Waals surface area contributed by atoms with Crippen molar-refractivity contribution in [3.05, 3.63) is 35.2 Å². The second kappa shape index (κ2) is 5.25. The summed E-state index contributed by atoms with van der Waals surface area (Å²) < 4.78 is 0.